The van der Waals surface area contributed by atoms with Crippen LogP contribution in [0.1, 0.15) is 25.0 Å². The zero-order valence-electron chi connectivity index (χ0n) is 9.88. The summed E-state index contributed by atoms with van der Waals surface area (Å²) in [5, 5.41) is 8.40. The molecule has 2 unspecified atom stereocenters. The van der Waals surface area contributed by atoms with E-state index >= 15 is 0 Å². The molecule has 1 saturated carbocycles. The molecule has 0 spiro atoms. The lowest BCUT2D eigenvalue weighted by atomic mass is 10.1. The van der Waals surface area contributed by atoms with Crippen LogP contribution < -0.4 is 10.6 Å². The monoisotopic (exact) mass is 234 g/mol. The molecule has 1 aromatic rings. The molecule has 0 amide bonds. The second kappa shape index (κ2) is 4.58. The van der Waals surface area contributed by atoms with Crippen LogP contribution in [0.3, 0.4) is 0 Å². The molecule has 2 fully saturated rings. The molecule has 2 N–H and O–H groups in total. The molecule has 0 bridgehead atoms. The van der Waals surface area contributed by atoms with Crippen molar-refractivity contribution in [1.29, 1.82) is 0 Å². The highest BCUT2D eigenvalue weighted by atomic mass is 16.5. The summed E-state index contributed by atoms with van der Waals surface area (Å²) >= 11 is 0. The number of nitrogens with two attached hydrogens (primary N) is 1. The van der Waals surface area contributed by atoms with E-state index in [1.807, 2.05) is 12.1 Å². The highest BCUT2D eigenvalue weighted by molar-refractivity contribution is 5.40. The molecule has 2 atom stereocenters. The van der Waals surface area contributed by atoms with Crippen molar-refractivity contribution in [2.24, 2.45) is 5.73 Å². The average Bonchev–Trinajstić information content (AvgIpc) is 2.87. The maximum Gasteiger partial charge on any atom is 0.151 e. The van der Waals surface area contributed by atoms with Crippen molar-refractivity contribution in [3.8, 4) is 0 Å². The summed E-state index contributed by atoms with van der Waals surface area (Å²) in [7, 11) is 0. The minimum atomic E-state index is 0.389. The smallest absolute Gasteiger partial charge is 0.151 e. The molecule has 17 heavy (non-hydrogen) atoms. The number of hydrogen-bond donors (Lipinski definition) is 1. The molecule has 92 valence electrons. The summed E-state index contributed by atoms with van der Waals surface area (Å²) in [6.07, 6.45) is 4.01. The number of ether oxygens (including phenoxy) is 1. The third kappa shape index (κ3) is 2.00. The van der Waals surface area contributed by atoms with Gasteiger partial charge in [-0.1, -0.05) is 0 Å². The second-order valence-corrected chi connectivity index (χ2v) is 4.69. The van der Waals surface area contributed by atoms with Crippen molar-refractivity contribution in [2.45, 2.75) is 38.0 Å². The number of rotatable bonds is 2. The maximum absolute atomic E-state index is 5.79. The van der Waals surface area contributed by atoms with Gasteiger partial charge in [0.25, 0.3) is 0 Å². The Kier molecular flexibility index (Phi) is 2.94. The first-order valence-electron chi connectivity index (χ1n) is 6.29. The molecule has 0 radical (unpaired) electrons. The minimum Gasteiger partial charge on any atom is -0.374 e. The Morgan fingerprint density at radius 2 is 2.29 bits per heavy atom. The lowest BCUT2D eigenvalue weighted by Gasteiger charge is -2.38. The van der Waals surface area contributed by atoms with Crippen LogP contribution in [0.15, 0.2) is 12.1 Å². The first-order chi connectivity index (χ1) is 8.38. The standard InChI is InChI=1S/C12H18N4O/c13-8-9-4-5-12(15-14-9)16-6-7-17-11-3-1-2-10(11)16/h4-5,10-11H,1-3,6-8,13H2. The van der Waals surface area contributed by atoms with E-state index in [1.165, 1.54) is 19.3 Å². The molecule has 0 aromatic carbocycles. The van der Waals surface area contributed by atoms with Gasteiger partial charge in [-0.15, -0.1) is 5.10 Å². The number of fused-ring (bicyclic) bond motifs is 1. The SMILES string of the molecule is NCc1ccc(N2CCOC3CCCC32)nn1. The first-order valence-corrected chi connectivity index (χ1v) is 6.29. The summed E-state index contributed by atoms with van der Waals surface area (Å²) in [6, 6.07) is 4.47. The lowest BCUT2D eigenvalue weighted by Crippen LogP contribution is -2.49. The van der Waals surface area contributed by atoms with Gasteiger partial charge in [0.15, 0.2) is 5.82 Å². The van der Waals surface area contributed by atoms with Crippen molar-refractivity contribution in [3.63, 3.8) is 0 Å². The molecule has 5 heteroatoms. The van der Waals surface area contributed by atoms with Gasteiger partial charge >= 0.3 is 0 Å². The summed E-state index contributed by atoms with van der Waals surface area (Å²) < 4.78 is 5.79. The summed E-state index contributed by atoms with van der Waals surface area (Å²) in [5.74, 6) is 0.961. The predicted molar refractivity (Wildman–Crippen MR) is 64.6 cm³/mol. The molecular weight excluding hydrogens is 216 g/mol. The Labute approximate surface area is 101 Å². The molecule has 1 aliphatic heterocycles. The number of anilines is 1. The van der Waals surface area contributed by atoms with Crippen LogP contribution >= 0.6 is 0 Å². The van der Waals surface area contributed by atoms with Crippen molar-refractivity contribution < 1.29 is 4.74 Å². The highest BCUT2D eigenvalue weighted by Crippen LogP contribution is 2.31. The zero-order chi connectivity index (χ0) is 11.7. The molecule has 5 nitrogen and oxygen atoms in total. The maximum atomic E-state index is 5.79. The van der Waals surface area contributed by atoms with Crippen LogP contribution in [0.2, 0.25) is 0 Å². The van der Waals surface area contributed by atoms with Gasteiger partial charge in [-0.3, -0.25) is 0 Å². The zero-order valence-corrected chi connectivity index (χ0v) is 9.88. The van der Waals surface area contributed by atoms with E-state index in [-0.39, 0.29) is 0 Å². The molecule has 2 aliphatic rings. The average molecular weight is 234 g/mol. The number of hydrogen-bond acceptors (Lipinski definition) is 5. The van der Waals surface area contributed by atoms with Crippen molar-refractivity contribution in [1.82, 2.24) is 10.2 Å². The van der Waals surface area contributed by atoms with E-state index in [0.29, 0.717) is 18.7 Å². The van der Waals surface area contributed by atoms with E-state index < -0.39 is 0 Å². The largest absolute Gasteiger partial charge is 0.374 e. The van der Waals surface area contributed by atoms with Gasteiger partial charge in [0, 0.05) is 13.1 Å². The third-order valence-corrected chi connectivity index (χ3v) is 3.69. The third-order valence-electron chi connectivity index (χ3n) is 3.69. The van der Waals surface area contributed by atoms with Crippen molar-refractivity contribution >= 4 is 5.82 Å². The topological polar surface area (TPSA) is 64.3 Å². The summed E-state index contributed by atoms with van der Waals surface area (Å²) in [5.41, 5.74) is 6.37. The quantitative estimate of drug-likeness (QED) is 0.815. The van der Waals surface area contributed by atoms with E-state index in [9.17, 15) is 0 Å². The molecule has 2 heterocycles. The van der Waals surface area contributed by atoms with Gasteiger partial charge < -0.3 is 15.4 Å². The Morgan fingerprint density at radius 1 is 1.35 bits per heavy atom. The predicted octanol–water partition coefficient (Wildman–Crippen LogP) is 0.693. The van der Waals surface area contributed by atoms with Crippen LogP contribution in [0.25, 0.3) is 0 Å². The van der Waals surface area contributed by atoms with Gasteiger partial charge in [0.05, 0.1) is 24.4 Å². The number of aromatic nitrogens is 2. The Morgan fingerprint density at radius 3 is 3.06 bits per heavy atom. The fourth-order valence-electron chi connectivity index (χ4n) is 2.82. The van der Waals surface area contributed by atoms with Gasteiger partial charge in [0.1, 0.15) is 0 Å². The molecule has 1 aromatic heterocycles. The normalized spacial score (nSPS) is 28.2. The fraction of sp³-hybridized carbons (Fsp3) is 0.667. The van der Waals surface area contributed by atoms with Crippen LogP contribution in [-0.2, 0) is 11.3 Å². The first kappa shape index (κ1) is 10.9. The van der Waals surface area contributed by atoms with Crippen LogP contribution in [-0.4, -0.2) is 35.5 Å². The molecule has 3 rings (SSSR count). The van der Waals surface area contributed by atoms with Gasteiger partial charge in [0.2, 0.25) is 0 Å². The van der Waals surface area contributed by atoms with E-state index in [2.05, 4.69) is 15.1 Å². The second-order valence-electron chi connectivity index (χ2n) is 4.69. The van der Waals surface area contributed by atoms with Crippen molar-refractivity contribution in [2.75, 3.05) is 18.1 Å². The van der Waals surface area contributed by atoms with Crippen molar-refractivity contribution in [3.05, 3.63) is 17.8 Å². The Hall–Kier alpha value is -1.20. The Balaban J connectivity index is 1.81. The molecule has 1 aliphatic carbocycles. The van der Waals surface area contributed by atoms with Crippen LogP contribution in [0.4, 0.5) is 5.82 Å². The van der Waals surface area contributed by atoms with Gasteiger partial charge in [-0.2, -0.15) is 5.10 Å². The van der Waals surface area contributed by atoms with E-state index in [0.717, 1.165) is 24.7 Å². The lowest BCUT2D eigenvalue weighted by molar-refractivity contribution is 0.0252. The molecular formula is C12H18N4O. The minimum absolute atomic E-state index is 0.389. The van der Waals surface area contributed by atoms with E-state index in [1.54, 1.807) is 0 Å². The highest BCUT2D eigenvalue weighted by Gasteiger charge is 2.36. The number of nitrogens with zero attached hydrogens (tertiary/aromatic N) is 3. The number of morpholine rings is 1. The van der Waals surface area contributed by atoms with Crippen LogP contribution in [0.5, 0.6) is 0 Å². The fourth-order valence-corrected chi connectivity index (χ4v) is 2.82. The summed E-state index contributed by atoms with van der Waals surface area (Å²) in [4.78, 5) is 2.34. The molecule has 1 saturated heterocycles. The Bertz CT molecular complexity index is 381. The van der Waals surface area contributed by atoms with E-state index in [4.69, 9.17) is 10.5 Å². The van der Waals surface area contributed by atoms with Crippen LogP contribution in [0, 0.1) is 0 Å². The van der Waals surface area contributed by atoms with Gasteiger partial charge in [-0.05, 0) is 31.4 Å². The van der Waals surface area contributed by atoms with Gasteiger partial charge in [-0.25, -0.2) is 0 Å². The summed E-state index contributed by atoms with van der Waals surface area (Å²) in [6.45, 7) is 2.15.